The number of rotatable bonds is 5. The van der Waals surface area contributed by atoms with Crippen LogP contribution in [-0.2, 0) is 11.2 Å². The summed E-state index contributed by atoms with van der Waals surface area (Å²) in [6.07, 6.45) is 7.73. The Morgan fingerprint density at radius 1 is 1.00 bits per heavy atom. The van der Waals surface area contributed by atoms with Crippen LogP contribution < -0.4 is 10.1 Å². The first kappa shape index (κ1) is 21.4. The van der Waals surface area contributed by atoms with Gasteiger partial charge < -0.3 is 15.0 Å². The minimum atomic E-state index is -0.160. The number of para-hydroxylation sites is 1. The maximum absolute atomic E-state index is 12.8. The molecule has 0 spiro atoms. The molecule has 0 fully saturated rings. The van der Waals surface area contributed by atoms with Crippen LogP contribution in [0.4, 0.5) is 0 Å². The zero-order valence-corrected chi connectivity index (χ0v) is 18.2. The third-order valence-electron chi connectivity index (χ3n) is 5.17. The van der Waals surface area contributed by atoms with E-state index in [4.69, 9.17) is 4.74 Å². The van der Waals surface area contributed by atoms with E-state index in [1.165, 1.54) is 5.56 Å². The van der Waals surface area contributed by atoms with E-state index in [1.54, 1.807) is 4.90 Å². The van der Waals surface area contributed by atoms with E-state index >= 15 is 0 Å². The fourth-order valence-corrected chi connectivity index (χ4v) is 3.49. The summed E-state index contributed by atoms with van der Waals surface area (Å²) in [6, 6.07) is 18.1. The molecule has 2 aliphatic heterocycles. The number of fused-ring (bicyclic) bond motifs is 1. The summed E-state index contributed by atoms with van der Waals surface area (Å²) in [5.41, 5.74) is 4.46. The molecule has 2 aliphatic rings. The lowest BCUT2D eigenvalue weighted by Crippen LogP contribution is -2.51. The number of benzene rings is 2. The van der Waals surface area contributed by atoms with Gasteiger partial charge in [-0.05, 0) is 54.7 Å². The summed E-state index contributed by atoms with van der Waals surface area (Å²) in [5.74, 6) is 0.932. The highest BCUT2D eigenvalue weighted by Crippen LogP contribution is 2.28. The predicted octanol–water partition coefficient (Wildman–Crippen LogP) is 5.37. The summed E-state index contributed by atoms with van der Waals surface area (Å²) in [6.45, 7) is 5.97. The van der Waals surface area contributed by atoms with E-state index in [-0.39, 0.29) is 13.5 Å². The molecule has 1 amide bonds. The standard InChI is InChI=1S/C24H24N2O2.C2H6.H2/c1-17-8-6-7-11-21(17)28-22-16-19-13-15-20(25-23(19)26(2)24(22)27)14-12-18-9-4-3-5-10-18;1-2;/h3-11,13,15-16,23,25H,12,14H2,1-2H3;1-2H3;1H. The van der Waals surface area contributed by atoms with Gasteiger partial charge in [0.05, 0.1) is 0 Å². The Hall–Kier alpha value is -3.27. The Morgan fingerprint density at radius 3 is 2.43 bits per heavy atom. The first-order valence-corrected chi connectivity index (χ1v) is 10.6. The van der Waals surface area contributed by atoms with Gasteiger partial charge in [-0.15, -0.1) is 0 Å². The topological polar surface area (TPSA) is 41.6 Å². The molecule has 4 rings (SSSR count). The van der Waals surface area contributed by atoms with Gasteiger partial charge in [0.1, 0.15) is 11.9 Å². The van der Waals surface area contributed by atoms with E-state index in [0.717, 1.165) is 29.7 Å². The summed E-state index contributed by atoms with van der Waals surface area (Å²) >= 11 is 0. The van der Waals surface area contributed by atoms with Gasteiger partial charge in [-0.1, -0.05) is 68.5 Å². The van der Waals surface area contributed by atoms with Crippen molar-refractivity contribution in [2.45, 2.75) is 39.8 Å². The number of amides is 1. The van der Waals surface area contributed by atoms with Gasteiger partial charge in [0.25, 0.3) is 5.91 Å². The second-order valence-corrected chi connectivity index (χ2v) is 7.18. The average Bonchev–Trinajstić information content (AvgIpc) is 2.79. The summed E-state index contributed by atoms with van der Waals surface area (Å²) in [5, 5.41) is 3.50. The average molecular weight is 405 g/mol. The number of nitrogens with one attached hydrogen (secondary N) is 1. The number of nitrogens with zero attached hydrogens (tertiary/aromatic N) is 1. The zero-order valence-electron chi connectivity index (χ0n) is 18.2. The van der Waals surface area contributed by atoms with Crippen molar-refractivity contribution in [3.05, 3.63) is 101 Å². The molecular weight excluding hydrogens is 372 g/mol. The maximum Gasteiger partial charge on any atom is 0.291 e. The molecule has 4 heteroatoms. The Balaban J connectivity index is 0.00000111. The lowest BCUT2D eigenvalue weighted by Gasteiger charge is -2.37. The number of dihydropyridines is 1. The van der Waals surface area contributed by atoms with Crippen LogP contribution in [0.15, 0.2) is 89.9 Å². The molecule has 0 radical (unpaired) electrons. The van der Waals surface area contributed by atoms with Gasteiger partial charge in [0.2, 0.25) is 0 Å². The molecule has 0 bridgehead atoms. The number of hydrogen-bond donors (Lipinski definition) is 1. The Bertz CT molecular complexity index is 980. The Labute approximate surface area is 181 Å². The zero-order chi connectivity index (χ0) is 21.5. The van der Waals surface area contributed by atoms with E-state index in [9.17, 15) is 4.79 Å². The third-order valence-corrected chi connectivity index (χ3v) is 5.17. The van der Waals surface area contributed by atoms with E-state index in [1.807, 2.05) is 64.2 Å². The lowest BCUT2D eigenvalue weighted by molar-refractivity contribution is -0.130. The molecule has 0 aliphatic carbocycles. The Kier molecular flexibility index (Phi) is 7.12. The molecule has 2 aromatic carbocycles. The van der Waals surface area contributed by atoms with Crippen LogP contribution in [0.25, 0.3) is 0 Å². The molecule has 0 saturated carbocycles. The van der Waals surface area contributed by atoms with Crippen LogP contribution in [0.1, 0.15) is 32.8 Å². The van der Waals surface area contributed by atoms with Gasteiger partial charge in [0.15, 0.2) is 5.76 Å². The summed E-state index contributed by atoms with van der Waals surface area (Å²) < 4.78 is 5.93. The minimum absolute atomic E-state index is 0. The first-order valence-electron chi connectivity index (χ1n) is 10.6. The predicted molar refractivity (Wildman–Crippen MR) is 124 cm³/mol. The molecule has 0 aromatic heterocycles. The molecule has 4 nitrogen and oxygen atoms in total. The van der Waals surface area contributed by atoms with Gasteiger partial charge in [0, 0.05) is 14.2 Å². The van der Waals surface area contributed by atoms with Crippen LogP contribution in [0.3, 0.4) is 0 Å². The van der Waals surface area contributed by atoms with Crippen molar-refractivity contribution in [3.63, 3.8) is 0 Å². The normalized spacial score (nSPS) is 17.5. The number of likely N-dealkylation sites (N-methyl/N-ethyl adjacent to an activating group) is 1. The second-order valence-electron chi connectivity index (χ2n) is 7.18. The second kappa shape index (κ2) is 9.97. The summed E-state index contributed by atoms with van der Waals surface area (Å²) in [4.78, 5) is 14.5. The van der Waals surface area contributed by atoms with Crippen LogP contribution in [0.2, 0.25) is 0 Å². The van der Waals surface area contributed by atoms with Crippen LogP contribution in [-0.4, -0.2) is 24.0 Å². The molecule has 1 unspecified atom stereocenters. The fourth-order valence-electron chi connectivity index (χ4n) is 3.49. The monoisotopic (exact) mass is 404 g/mol. The summed E-state index contributed by atoms with van der Waals surface area (Å²) in [7, 11) is 1.81. The smallest absolute Gasteiger partial charge is 0.291 e. The van der Waals surface area contributed by atoms with Gasteiger partial charge >= 0.3 is 0 Å². The van der Waals surface area contributed by atoms with E-state index in [0.29, 0.717) is 11.5 Å². The molecule has 30 heavy (non-hydrogen) atoms. The third kappa shape index (κ3) is 4.82. The minimum Gasteiger partial charge on any atom is -0.451 e. The highest BCUT2D eigenvalue weighted by Gasteiger charge is 2.33. The van der Waals surface area contributed by atoms with E-state index < -0.39 is 0 Å². The van der Waals surface area contributed by atoms with Crippen molar-refractivity contribution in [2.24, 2.45) is 0 Å². The van der Waals surface area contributed by atoms with Crippen molar-refractivity contribution in [2.75, 3.05) is 7.05 Å². The van der Waals surface area contributed by atoms with Gasteiger partial charge in [-0.2, -0.15) is 0 Å². The van der Waals surface area contributed by atoms with Crippen molar-refractivity contribution < 1.29 is 11.0 Å². The van der Waals surface area contributed by atoms with Crippen LogP contribution >= 0.6 is 0 Å². The van der Waals surface area contributed by atoms with Crippen molar-refractivity contribution >= 4 is 5.91 Å². The van der Waals surface area contributed by atoms with Crippen molar-refractivity contribution in [1.82, 2.24) is 10.2 Å². The Morgan fingerprint density at radius 2 is 1.70 bits per heavy atom. The molecule has 1 N–H and O–H groups in total. The quantitative estimate of drug-likeness (QED) is 0.728. The van der Waals surface area contributed by atoms with Gasteiger partial charge in [-0.25, -0.2) is 0 Å². The molecule has 0 saturated heterocycles. The number of aryl methyl sites for hydroxylation is 2. The number of hydrogen-bond acceptors (Lipinski definition) is 3. The molecule has 1 atom stereocenters. The van der Waals surface area contributed by atoms with Gasteiger partial charge in [-0.3, -0.25) is 4.79 Å². The highest BCUT2D eigenvalue weighted by atomic mass is 16.5. The van der Waals surface area contributed by atoms with Crippen molar-refractivity contribution in [1.29, 1.82) is 0 Å². The van der Waals surface area contributed by atoms with E-state index in [2.05, 4.69) is 41.7 Å². The highest BCUT2D eigenvalue weighted by molar-refractivity contribution is 5.94. The number of ether oxygens (including phenoxy) is 1. The SMILES string of the molecule is CC.Cc1ccccc1OC1=CC2=CC=C(CCc3ccccc3)NC2N(C)C1=O.[HH]. The molecule has 2 aromatic rings. The number of carbonyl (C=O) groups is 1. The lowest BCUT2D eigenvalue weighted by atomic mass is 10.00. The molecule has 158 valence electrons. The largest absolute Gasteiger partial charge is 0.451 e. The first-order chi connectivity index (χ1) is 14.6. The molecular formula is C26H32N2O2. The number of carbonyl (C=O) groups excluding carboxylic acids is 1. The fraction of sp³-hybridized carbons (Fsp3) is 0.269. The van der Waals surface area contributed by atoms with Crippen LogP contribution in [0.5, 0.6) is 5.75 Å². The maximum atomic E-state index is 12.8. The van der Waals surface area contributed by atoms with Crippen molar-refractivity contribution in [3.8, 4) is 5.75 Å². The van der Waals surface area contributed by atoms with Crippen LogP contribution in [0, 0.1) is 6.92 Å². The molecule has 2 heterocycles. The number of allylic oxidation sites excluding steroid dienone is 3.